The Morgan fingerprint density at radius 2 is 1.89 bits per heavy atom. The van der Waals surface area contributed by atoms with Crippen molar-refractivity contribution in [1.29, 1.82) is 0 Å². The second-order valence-electron chi connectivity index (χ2n) is 4.89. The number of rotatable bonds is 3. The molecule has 0 aliphatic heterocycles. The van der Waals surface area contributed by atoms with Crippen molar-refractivity contribution in [3.8, 4) is 0 Å². The molecule has 0 bridgehead atoms. The molecule has 0 saturated heterocycles. The topological polar surface area (TPSA) is 56.0 Å². The minimum Gasteiger partial charge on any atom is -0.350 e. The van der Waals surface area contributed by atoms with Gasteiger partial charge in [0.05, 0.1) is 11.0 Å². The average molecular weight is 261 g/mol. The van der Waals surface area contributed by atoms with Crippen LogP contribution in [0.2, 0.25) is 0 Å². The maximum Gasteiger partial charge on any atom is 0.328 e. The number of carbonyl (C=O) groups excluding carboxylic acids is 1. The van der Waals surface area contributed by atoms with Crippen LogP contribution in [0.1, 0.15) is 30.6 Å². The summed E-state index contributed by atoms with van der Waals surface area (Å²) in [6.45, 7) is 3.99. The van der Waals surface area contributed by atoms with E-state index in [-0.39, 0.29) is 17.6 Å². The van der Waals surface area contributed by atoms with Gasteiger partial charge in [-0.25, -0.2) is 4.79 Å². The molecule has 0 aliphatic rings. The number of benzene rings is 1. The van der Waals surface area contributed by atoms with Gasteiger partial charge < -0.3 is 5.32 Å². The lowest BCUT2D eigenvalue weighted by Gasteiger charge is -2.11. The molecule has 2 rings (SSSR count). The third-order valence-corrected chi connectivity index (χ3v) is 3.52. The van der Waals surface area contributed by atoms with Gasteiger partial charge >= 0.3 is 5.69 Å². The van der Waals surface area contributed by atoms with E-state index >= 15 is 0 Å². The van der Waals surface area contributed by atoms with Gasteiger partial charge in [-0.2, -0.15) is 0 Å². The van der Waals surface area contributed by atoms with Crippen molar-refractivity contribution >= 4 is 16.9 Å². The van der Waals surface area contributed by atoms with E-state index in [0.29, 0.717) is 5.56 Å². The van der Waals surface area contributed by atoms with Gasteiger partial charge in [0.2, 0.25) is 0 Å². The largest absolute Gasteiger partial charge is 0.350 e. The van der Waals surface area contributed by atoms with Crippen molar-refractivity contribution in [2.45, 2.75) is 26.3 Å². The fourth-order valence-corrected chi connectivity index (χ4v) is 2.06. The number of aryl methyl sites for hydroxylation is 2. The summed E-state index contributed by atoms with van der Waals surface area (Å²) in [5.41, 5.74) is 2.08. The van der Waals surface area contributed by atoms with Gasteiger partial charge in [0, 0.05) is 25.7 Å². The molecule has 1 aromatic heterocycles. The normalized spacial score (nSPS) is 12.6. The van der Waals surface area contributed by atoms with Crippen molar-refractivity contribution in [2.75, 3.05) is 0 Å². The van der Waals surface area contributed by atoms with E-state index in [9.17, 15) is 9.59 Å². The Bertz CT molecular complexity index is 682. The highest BCUT2D eigenvalue weighted by molar-refractivity contribution is 5.97. The Balaban J connectivity index is 2.45. The molecule has 1 aromatic carbocycles. The van der Waals surface area contributed by atoms with Crippen LogP contribution in [0.4, 0.5) is 0 Å². The summed E-state index contributed by atoms with van der Waals surface area (Å²) >= 11 is 0. The first-order valence-electron chi connectivity index (χ1n) is 6.42. The highest BCUT2D eigenvalue weighted by Crippen LogP contribution is 2.14. The number of carbonyl (C=O) groups is 1. The van der Waals surface area contributed by atoms with Crippen LogP contribution in [-0.2, 0) is 14.1 Å². The predicted molar refractivity (Wildman–Crippen MR) is 75.4 cm³/mol. The lowest BCUT2D eigenvalue weighted by Crippen LogP contribution is -2.31. The predicted octanol–water partition coefficient (Wildman–Crippen LogP) is 1.41. The standard InChI is InChI=1S/C14H19N3O2/c1-5-9(2)15-13(18)10-6-7-11-12(8-10)17(4)14(19)16(11)3/h6-9H,5H2,1-4H3,(H,15,18). The van der Waals surface area contributed by atoms with Crippen LogP contribution in [0.25, 0.3) is 11.0 Å². The van der Waals surface area contributed by atoms with Gasteiger partial charge in [-0.15, -0.1) is 0 Å². The second kappa shape index (κ2) is 4.91. The zero-order valence-corrected chi connectivity index (χ0v) is 11.7. The van der Waals surface area contributed by atoms with E-state index in [1.165, 1.54) is 0 Å². The van der Waals surface area contributed by atoms with Gasteiger partial charge in [0.15, 0.2) is 0 Å². The number of nitrogens with one attached hydrogen (secondary N) is 1. The molecular formula is C14H19N3O2. The first kappa shape index (κ1) is 13.4. The molecule has 1 N–H and O–H groups in total. The second-order valence-corrected chi connectivity index (χ2v) is 4.89. The summed E-state index contributed by atoms with van der Waals surface area (Å²) in [7, 11) is 3.44. The maximum absolute atomic E-state index is 12.1. The zero-order valence-electron chi connectivity index (χ0n) is 11.7. The number of hydrogen-bond donors (Lipinski definition) is 1. The molecule has 19 heavy (non-hydrogen) atoms. The molecule has 0 fully saturated rings. The van der Waals surface area contributed by atoms with Gasteiger partial charge in [-0.05, 0) is 31.5 Å². The number of imidazole rings is 1. The van der Waals surface area contributed by atoms with E-state index in [0.717, 1.165) is 17.5 Å². The summed E-state index contributed by atoms with van der Waals surface area (Å²) in [6.07, 6.45) is 0.887. The number of nitrogens with zero attached hydrogens (tertiary/aromatic N) is 2. The fourth-order valence-electron chi connectivity index (χ4n) is 2.06. The molecular weight excluding hydrogens is 242 g/mol. The molecule has 1 atom stereocenters. The summed E-state index contributed by atoms with van der Waals surface area (Å²) < 4.78 is 3.13. The third kappa shape index (κ3) is 2.28. The van der Waals surface area contributed by atoms with Crippen molar-refractivity contribution < 1.29 is 4.79 Å². The van der Waals surface area contributed by atoms with Gasteiger partial charge in [-0.3, -0.25) is 13.9 Å². The van der Waals surface area contributed by atoms with Crippen LogP contribution in [-0.4, -0.2) is 21.1 Å². The van der Waals surface area contributed by atoms with Gasteiger partial charge in [0.25, 0.3) is 5.91 Å². The minimum absolute atomic E-state index is 0.0884. The molecule has 2 aromatic rings. The monoisotopic (exact) mass is 261 g/mol. The Morgan fingerprint density at radius 3 is 2.53 bits per heavy atom. The van der Waals surface area contributed by atoms with Crippen LogP contribution in [0.3, 0.4) is 0 Å². The third-order valence-electron chi connectivity index (χ3n) is 3.52. The van der Waals surface area contributed by atoms with Crippen LogP contribution in [0.15, 0.2) is 23.0 Å². The quantitative estimate of drug-likeness (QED) is 0.908. The number of fused-ring (bicyclic) bond motifs is 1. The maximum atomic E-state index is 12.1. The molecule has 1 heterocycles. The highest BCUT2D eigenvalue weighted by atomic mass is 16.2. The Labute approximate surface area is 111 Å². The summed E-state index contributed by atoms with van der Waals surface area (Å²) in [6, 6.07) is 5.46. The summed E-state index contributed by atoms with van der Waals surface area (Å²) in [5.74, 6) is -0.104. The van der Waals surface area contributed by atoms with Gasteiger partial charge in [-0.1, -0.05) is 6.92 Å². The Hall–Kier alpha value is -2.04. The van der Waals surface area contributed by atoms with Gasteiger partial charge in [0.1, 0.15) is 0 Å². The molecule has 5 heteroatoms. The van der Waals surface area contributed by atoms with E-state index < -0.39 is 0 Å². The van der Waals surface area contributed by atoms with Crippen molar-refractivity contribution in [2.24, 2.45) is 14.1 Å². The lowest BCUT2D eigenvalue weighted by atomic mass is 10.1. The molecule has 5 nitrogen and oxygen atoms in total. The highest BCUT2D eigenvalue weighted by Gasteiger charge is 2.12. The Morgan fingerprint density at radius 1 is 1.26 bits per heavy atom. The van der Waals surface area contributed by atoms with Crippen molar-refractivity contribution in [3.05, 3.63) is 34.2 Å². The summed E-state index contributed by atoms with van der Waals surface area (Å²) in [4.78, 5) is 23.9. The van der Waals surface area contributed by atoms with Crippen LogP contribution < -0.4 is 11.0 Å². The molecule has 1 amide bonds. The van der Waals surface area contributed by atoms with Crippen LogP contribution in [0, 0.1) is 0 Å². The molecule has 0 aliphatic carbocycles. The molecule has 0 radical (unpaired) electrons. The average Bonchev–Trinajstić information content (AvgIpc) is 2.63. The number of hydrogen-bond acceptors (Lipinski definition) is 2. The van der Waals surface area contributed by atoms with Crippen molar-refractivity contribution in [3.63, 3.8) is 0 Å². The van der Waals surface area contributed by atoms with E-state index in [1.54, 1.807) is 35.4 Å². The fraction of sp³-hybridized carbons (Fsp3) is 0.429. The van der Waals surface area contributed by atoms with E-state index in [4.69, 9.17) is 0 Å². The molecule has 0 saturated carbocycles. The van der Waals surface area contributed by atoms with Crippen LogP contribution in [0.5, 0.6) is 0 Å². The van der Waals surface area contributed by atoms with E-state index in [1.807, 2.05) is 19.9 Å². The molecule has 0 spiro atoms. The Kier molecular flexibility index (Phi) is 3.46. The first-order chi connectivity index (χ1) is 8.95. The molecule has 102 valence electrons. The minimum atomic E-state index is -0.104. The summed E-state index contributed by atoms with van der Waals surface area (Å²) in [5, 5.41) is 2.92. The van der Waals surface area contributed by atoms with Crippen molar-refractivity contribution in [1.82, 2.24) is 14.5 Å². The zero-order chi connectivity index (χ0) is 14.2. The first-order valence-corrected chi connectivity index (χ1v) is 6.42. The molecule has 1 unspecified atom stereocenters. The lowest BCUT2D eigenvalue weighted by molar-refractivity contribution is 0.0939. The van der Waals surface area contributed by atoms with E-state index in [2.05, 4.69) is 5.32 Å². The number of amides is 1. The SMILES string of the molecule is CCC(C)NC(=O)c1ccc2c(c1)n(C)c(=O)n2C. The number of aromatic nitrogens is 2. The van der Waals surface area contributed by atoms with Crippen LogP contribution >= 0.6 is 0 Å². The smallest absolute Gasteiger partial charge is 0.328 e.